The number of nitrogens with zero attached hydrogens (tertiary/aromatic N) is 1. The van der Waals surface area contributed by atoms with Crippen molar-refractivity contribution in [2.45, 2.75) is 18.3 Å². The van der Waals surface area contributed by atoms with E-state index < -0.39 is 47.8 Å². The number of rotatable bonds is 7. The van der Waals surface area contributed by atoms with Crippen molar-refractivity contribution in [1.82, 2.24) is 0 Å². The molecule has 0 radical (unpaired) electrons. The summed E-state index contributed by atoms with van der Waals surface area (Å²) in [5.41, 5.74) is 3.93. The van der Waals surface area contributed by atoms with Gasteiger partial charge >= 0.3 is 11.7 Å². The highest BCUT2D eigenvalue weighted by Crippen LogP contribution is 2.54. The van der Waals surface area contributed by atoms with Gasteiger partial charge in [-0.3, -0.25) is 19.5 Å². The zero-order valence-corrected chi connectivity index (χ0v) is 12.0. The summed E-state index contributed by atoms with van der Waals surface area (Å²) in [4.78, 5) is 29.9. The Kier molecular flexibility index (Phi) is 5.72. The van der Waals surface area contributed by atoms with Crippen LogP contribution in [-0.2, 0) is 9.36 Å². The Morgan fingerprint density at radius 3 is 2.59 bits per heavy atom. The standard InChI is InChI=1S/C11H14FN2O7P/c12-7-2-1-6(5-9(7)14(18)19)11(17)22(20,21)4-3-8(13)10(15)16/h1-2,5,8,11,17H,3-4,13H2,(H,15,16)(H,20,21)/t8-,11?/m0/s1. The average Bonchev–Trinajstić information content (AvgIpc) is 2.44. The van der Waals surface area contributed by atoms with Gasteiger partial charge in [0.1, 0.15) is 6.04 Å². The van der Waals surface area contributed by atoms with Gasteiger partial charge in [0.2, 0.25) is 13.2 Å². The number of carboxylic acids is 1. The highest BCUT2D eigenvalue weighted by atomic mass is 31.2. The van der Waals surface area contributed by atoms with Crippen LogP contribution in [0.5, 0.6) is 0 Å². The van der Waals surface area contributed by atoms with Gasteiger partial charge in [-0.2, -0.15) is 4.39 Å². The quantitative estimate of drug-likeness (QED) is 0.322. The van der Waals surface area contributed by atoms with Crippen molar-refractivity contribution in [3.8, 4) is 0 Å². The maximum absolute atomic E-state index is 13.2. The number of nitrogens with two attached hydrogens (primary N) is 1. The summed E-state index contributed by atoms with van der Waals surface area (Å²) in [5.74, 6) is -4.53. The van der Waals surface area contributed by atoms with Crippen molar-refractivity contribution in [2.75, 3.05) is 6.16 Å². The Morgan fingerprint density at radius 1 is 1.50 bits per heavy atom. The summed E-state index contributed by atoms with van der Waals surface area (Å²) in [7, 11) is -4.30. The molecule has 0 bridgehead atoms. The molecule has 122 valence electrons. The van der Waals surface area contributed by atoms with E-state index in [2.05, 4.69) is 0 Å². The van der Waals surface area contributed by atoms with Crippen molar-refractivity contribution < 1.29 is 33.8 Å². The van der Waals surface area contributed by atoms with E-state index >= 15 is 0 Å². The van der Waals surface area contributed by atoms with E-state index in [1.807, 2.05) is 0 Å². The molecule has 9 nitrogen and oxygen atoms in total. The minimum absolute atomic E-state index is 0.317. The van der Waals surface area contributed by atoms with Gasteiger partial charge in [0.05, 0.1) is 4.92 Å². The van der Waals surface area contributed by atoms with Gasteiger partial charge in [-0.25, -0.2) is 0 Å². The number of benzene rings is 1. The van der Waals surface area contributed by atoms with Crippen LogP contribution in [0.1, 0.15) is 17.8 Å². The Balaban J connectivity index is 2.96. The van der Waals surface area contributed by atoms with Crippen LogP contribution in [0.3, 0.4) is 0 Å². The smallest absolute Gasteiger partial charge is 0.320 e. The number of nitro groups is 1. The predicted octanol–water partition coefficient (Wildman–Crippen LogP) is 0.797. The molecule has 0 saturated carbocycles. The first-order chi connectivity index (χ1) is 10.1. The SMILES string of the molecule is N[C@@H](CCP(=O)(O)C(O)c1ccc(F)c([N+](=O)[O-])c1)C(=O)O. The largest absolute Gasteiger partial charge is 0.480 e. The summed E-state index contributed by atoms with van der Waals surface area (Å²) >= 11 is 0. The molecule has 0 aliphatic carbocycles. The van der Waals surface area contributed by atoms with Crippen LogP contribution in [0, 0.1) is 15.9 Å². The van der Waals surface area contributed by atoms with E-state index in [1.165, 1.54) is 0 Å². The number of aliphatic hydroxyl groups is 1. The summed E-state index contributed by atoms with van der Waals surface area (Å²) in [6.07, 6.45) is -0.976. The Bertz CT molecular complexity index is 639. The minimum Gasteiger partial charge on any atom is -0.480 e. The molecule has 0 fully saturated rings. The molecule has 0 saturated heterocycles. The van der Waals surface area contributed by atoms with E-state index in [9.17, 15) is 33.9 Å². The molecule has 0 amide bonds. The Labute approximate surface area is 123 Å². The second-order valence-corrected chi connectivity index (χ2v) is 7.00. The molecule has 0 spiro atoms. The molecule has 1 aromatic rings. The molecule has 1 aromatic carbocycles. The first kappa shape index (κ1) is 18.2. The van der Waals surface area contributed by atoms with Crippen molar-refractivity contribution in [3.05, 3.63) is 39.7 Å². The topological polar surface area (TPSA) is 164 Å². The molecule has 0 aliphatic rings. The fourth-order valence-corrected chi connectivity index (χ4v) is 3.15. The van der Waals surface area contributed by atoms with Crippen LogP contribution >= 0.6 is 7.37 Å². The molecular formula is C11H14FN2O7P. The number of carbonyl (C=O) groups is 1. The van der Waals surface area contributed by atoms with Gasteiger partial charge < -0.3 is 20.8 Å². The number of aliphatic carboxylic acids is 1. The molecule has 0 aliphatic heterocycles. The van der Waals surface area contributed by atoms with Crippen molar-refractivity contribution in [2.24, 2.45) is 5.73 Å². The van der Waals surface area contributed by atoms with Gasteiger partial charge in [-0.1, -0.05) is 6.07 Å². The highest BCUT2D eigenvalue weighted by molar-refractivity contribution is 7.58. The summed E-state index contributed by atoms with van der Waals surface area (Å²) in [6, 6.07) is 0.905. The maximum Gasteiger partial charge on any atom is 0.320 e. The summed E-state index contributed by atoms with van der Waals surface area (Å²) in [5, 5.41) is 29.0. The summed E-state index contributed by atoms with van der Waals surface area (Å²) < 4.78 is 25.2. The van der Waals surface area contributed by atoms with Crippen LogP contribution in [0.2, 0.25) is 0 Å². The van der Waals surface area contributed by atoms with E-state index in [0.29, 0.717) is 12.1 Å². The first-order valence-corrected chi connectivity index (χ1v) is 7.89. The monoisotopic (exact) mass is 336 g/mol. The lowest BCUT2D eigenvalue weighted by Gasteiger charge is -2.19. The lowest BCUT2D eigenvalue weighted by atomic mass is 10.2. The van der Waals surface area contributed by atoms with Gasteiger partial charge in [0, 0.05) is 12.2 Å². The number of nitro benzene ring substituents is 1. The molecule has 22 heavy (non-hydrogen) atoms. The Hall–Kier alpha value is -1.87. The number of hydrogen-bond acceptors (Lipinski definition) is 6. The molecule has 2 unspecified atom stereocenters. The van der Waals surface area contributed by atoms with Crippen LogP contribution in [0.25, 0.3) is 0 Å². The average molecular weight is 336 g/mol. The fraction of sp³-hybridized carbons (Fsp3) is 0.364. The molecule has 0 aromatic heterocycles. The van der Waals surface area contributed by atoms with Gasteiger partial charge in [0.25, 0.3) is 0 Å². The normalized spacial score (nSPS) is 16.5. The molecular weight excluding hydrogens is 322 g/mol. The second-order valence-electron chi connectivity index (χ2n) is 4.55. The van der Waals surface area contributed by atoms with E-state index in [-0.39, 0.29) is 12.0 Å². The van der Waals surface area contributed by atoms with E-state index in [0.717, 1.165) is 6.07 Å². The van der Waals surface area contributed by atoms with Crippen molar-refractivity contribution >= 4 is 19.0 Å². The minimum atomic E-state index is -4.30. The third-order valence-electron chi connectivity index (χ3n) is 2.92. The number of hydrogen-bond donors (Lipinski definition) is 4. The van der Waals surface area contributed by atoms with Crippen molar-refractivity contribution in [3.63, 3.8) is 0 Å². The third kappa shape index (κ3) is 4.31. The fourth-order valence-electron chi connectivity index (χ4n) is 1.63. The van der Waals surface area contributed by atoms with Gasteiger partial charge in [0.15, 0.2) is 5.85 Å². The summed E-state index contributed by atoms with van der Waals surface area (Å²) in [6.45, 7) is 0. The van der Waals surface area contributed by atoms with Crippen LogP contribution in [0.15, 0.2) is 18.2 Å². The van der Waals surface area contributed by atoms with Crippen LogP contribution in [0.4, 0.5) is 10.1 Å². The van der Waals surface area contributed by atoms with Gasteiger partial charge in [-0.15, -0.1) is 0 Å². The molecule has 1 rings (SSSR count). The number of carboxylic acid groups (broad SMARTS) is 1. The molecule has 3 atom stereocenters. The van der Waals surface area contributed by atoms with E-state index in [4.69, 9.17) is 10.8 Å². The lowest BCUT2D eigenvalue weighted by molar-refractivity contribution is -0.387. The zero-order valence-electron chi connectivity index (χ0n) is 11.1. The zero-order chi connectivity index (χ0) is 17.1. The predicted molar refractivity (Wildman–Crippen MR) is 72.9 cm³/mol. The Morgan fingerprint density at radius 2 is 2.09 bits per heavy atom. The molecule has 5 N–H and O–H groups in total. The van der Waals surface area contributed by atoms with Crippen LogP contribution < -0.4 is 5.73 Å². The highest BCUT2D eigenvalue weighted by Gasteiger charge is 2.33. The van der Waals surface area contributed by atoms with E-state index in [1.54, 1.807) is 0 Å². The molecule has 11 heteroatoms. The first-order valence-electron chi connectivity index (χ1n) is 5.98. The third-order valence-corrected chi connectivity index (χ3v) is 4.89. The van der Waals surface area contributed by atoms with Crippen LogP contribution in [-0.4, -0.2) is 38.2 Å². The second kappa shape index (κ2) is 6.93. The number of aliphatic hydroxyl groups excluding tert-OH is 1. The number of halogens is 1. The molecule has 0 heterocycles. The van der Waals surface area contributed by atoms with Gasteiger partial charge in [-0.05, 0) is 18.1 Å². The maximum atomic E-state index is 13.2. The van der Waals surface area contributed by atoms with Crippen molar-refractivity contribution in [1.29, 1.82) is 0 Å². The lowest BCUT2D eigenvalue weighted by Crippen LogP contribution is -2.31.